The van der Waals surface area contributed by atoms with E-state index >= 15 is 0 Å². The number of nitrogens with one attached hydrogen (secondary N) is 1. The number of nitrogens with zero attached hydrogens (tertiary/aromatic N) is 2. The molecule has 0 fully saturated rings. The number of ketones is 1. The molecule has 7 nitrogen and oxygen atoms in total. The fourth-order valence-electron chi connectivity index (χ4n) is 1.72. The highest BCUT2D eigenvalue weighted by Crippen LogP contribution is 2.24. The van der Waals surface area contributed by atoms with Gasteiger partial charge in [-0.3, -0.25) is 9.89 Å². The van der Waals surface area contributed by atoms with Gasteiger partial charge in [0.25, 0.3) is 5.95 Å². The van der Waals surface area contributed by atoms with Crippen LogP contribution in [-0.4, -0.2) is 26.1 Å². The number of carbonyl (C=O) groups excluding carboxylic acids is 1. The van der Waals surface area contributed by atoms with Crippen LogP contribution >= 0.6 is 0 Å². The van der Waals surface area contributed by atoms with Gasteiger partial charge in [0.15, 0.2) is 17.3 Å². The van der Waals surface area contributed by atoms with Gasteiger partial charge in [-0.15, -0.1) is 0 Å². The number of rotatable bonds is 5. The van der Waals surface area contributed by atoms with Crippen molar-refractivity contribution < 1.29 is 23.4 Å². The largest absolute Gasteiger partial charge is 0.504 e. The Hall–Kier alpha value is -3.42. The first-order valence-electron chi connectivity index (χ1n) is 6.46. The normalized spacial score (nSPS) is 11.4. The first kappa shape index (κ1) is 14.5. The molecule has 0 unspecified atom stereocenters. The zero-order valence-electron chi connectivity index (χ0n) is 11.6. The maximum absolute atomic E-state index is 12.8. The van der Waals surface area contributed by atoms with Gasteiger partial charge in [-0.05, 0) is 30.3 Å². The lowest BCUT2D eigenvalue weighted by atomic mass is 10.2. The van der Waals surface area contributed by atoms with Crippen molar-refractivity contribution >= 4 is 11.5 Å². The first-order chi connectivity index (χ1) is 11.1. The van der Waals surface area contributed by atoms with E-state index in [0.29, 0.717) is 5.75 Å². The molecule has 0 saturated heterocycles. The number of aliphatic hydroxyl groups excluding tert-OH is 1. The monoisotopic (exact) mass is 315 g/mol. The number of benzene rings is 1. The minimum absolute atomic E-state index is 0.0341. The maximum Gasteiger partial charge on any atom is 0.290 e. The van der Waals surface area contributed by atoms with Gasteiger partial charge in [0.1, 0.15) is 17.9 Å². The third kappa shape index (κ3) is 3.43. The molecule has 23 heavy (non-hydrogen) atoms. The van der Waals surface area contributed by atoms with Crippen LogP contribution in [0.4, 0.5) is 4.39 Å². The topological polar surface area (TPSA) is 101 Å². The SMILES string of the molecule is O=C(C=C(O)c1ncn[nH]1)c1ccc(Oc2ccc(F)cc2)o1. The standard InChI is InChI=1S/C15H10FN3O4/c16-9-1-3-10(4-2-9)22-14-6-5-13(23-14)11(20)7-12(21)15-17-8-18-19-15/h1-8,21H,(H,17,18,19). The van der Waals surface area contributed by atoms with Gasteiger partial charge in [0.05, 0.1) is 0 Å². The third-order valence-electron chi connectivity index (χ3n) is 2.78. The summed E-state index contributed by atoms with van der Waals surface area (Å²) in [7, 11) is 0. The van der Waals surface area contributed by atoms with E-state index in [4.69, 9.17) is 9.15 Å². The van der Waals surface area contributed by atoms with Gasteiger partial charge in [-0.2, -0.15) is 5.10 Å². The number of furan rings is 1. The zero-order valence-corrected chi connectivity index (χ0v) is 11.6. The number of aromatic nitrogens is 3. The van der Waals surface area contributed by atoms with Crippen LogP contribution in [0.25, 0.3) is 5.76 Å². The van der Waals surface area contributed by atoms with E-state index in [-0.39, 0.29) is 29.1 Å². The molecule has 0 aliphatic carbocycles. The first-order valence-corrected chi connectivity index (χ1v) is 6.46. The maximum atomic E-state index is 12.8. The number of ether oxygens (including phenoxy) is 1. The van der Waals surface area contributed by atoms with E-state index in [1.165, 1.54) is 42.7 Å². The van der Waals surface area contributed by atoms with Crippen LogP contribution in [0.2, 0.25) is 0 Å². The minimum Gasteiger partial charge on any atom is -0.504 e. The second-order valence-electron chi connectivity index (χ2n) is 4.40. The Morgan fingerprint density at radius 3 is 2.74 bits per heavy atom. The fraction of sp³-hybridized carbons (Fsp3) is 0. The van der Waals surface area contributed by atoms with Crippen molar-refractivity contribution in [1.29, 1.82) is 0 Å². The number of aromatic amines is 1. The quantitative estimate of drug-likeness (QED) is 0.426. The summed E-state index contributed by atoms with van der Waals surface area (Å²) in [6, 6.07) is 8.16. The van der Waals surface area contributed by atoms with Crippen molar-refractivity contribution in [3.05, 3.63) is 66.2 Å². The molecule has 0 amide bonds. The Balaban J connectivity index is 1.72. The Kier molecular flexibility index (Phi) is 3.88. The second kappa shape index (κ2) is 6.14. The van der Waals surface area contributed by atoms with Crippen LogP contribution in [0, 0.1) is 5.82 Å². The Morgan fingerprint density at radius 1 is 1.26 bits per heavy atom. The summed E-state index contributed by atoms with van der Waals surface area (Å²) in [6.45, 7) is 0. The van der Waals surface area contributed by atoms with E-state index in [0.717, 1.165) is 6.08 Å². The number of halogens is 1. The molecule has 2 heterocycles. The molecular weight excluding hydrogens is 305 g/mol. The molecule has 2 aromatic heterocycles. The molecular formula is C15H10FN3O4. The van der Waals surface area contributed by atoms with Gasteiger partial charge >= 0.3 is 0 Å². The molecule has 0 radical (unpaired) electrons. The highest BCUT2D eigenvalue weighted by Gasteiger charge is 2.13. The van der Waals surface area contributed by atoms with E-state index in [1.807, 2.05) is 0 Å². The van der Waals surface area contributed by atoms with Crippen molar-refractivity contribution in [2.24, 2.45) is 0 Å². The van der Waals surface area contributed by atoms with Gasteiger partial charge in [-0.25, -0.2) is 9.37 Å². The molecule has 8 heteroatoms. The summed E-state index contributed by atoms with van der Waals surface area (Å²) in [5, 5.41) is 15.7. The highest BCUT2D eigenvalue weighted by molar-refractivity contribution is 6.05. The summed E-state index contributed by atoms with van der Waals surface area (Å²) in [5.41, 5.74) is 0. The van der Waals surface area contributed by atoms with Crippen molar-refractivity contribution in [3.8, 4) is 11.7 Å². The predicted octanol–water partition coefficient (Wildman–Crippen LogP) is 3.11. The summed E-state index contributed by atoms with van der Waals surface area (Å²) in [5.74, 6) is -0.883. The lowest BCUT2D eigenvalue weighted by Crippen LogP contribution is -1.95. The Labute approximate surface area is 129 Å². The molecule has 0 atom stereocenters. The summed E-state index contributed by atoms with van der Waals surface area (Å²) >= 11 is 0. The van der Waals surface area contributed by atoms with Crippen LogP contribution in [0.3, 0.4) is 0 Å². The summed E-state index contributed by atoms with van der Waals surface area (Å²) < 4.78 is 23.4. The lowest BCUT2D eigenvalue weighted by Gasteiger charge is -2.00. The van der Waals surface area contributed by atoms with E-state index in [2.05, 4.69) is 15.2 Å². The van der Waals surface area contributed by atoms with Crippen LogP contribution < -0.4 is 4.74 Å². The zero-order chi connectivity index (χ0) is 16.2. The van der Waals surface area contributed by atoms with Gasteiger partial charge < -0.3 is 14.3 Å². The lowest BCUT2D eigenvalue weighted by molar-refractivity contribution is 0.101. The van der Waals surface area contributed by atoms with Crippen LogP contribution in [-0.2, 0) is 0 Å². The molecule has 3 aromatic rings. The number of H-pyrrole nitrogens is 1. The van der Waals surface area contributed by atoms with E-state index < -0.39 is 5.78 Å². The molecule has 0 aliphatic heterocycles. The average Bonchev–Trinajstić information content (AvgIpc) is 3.21. The Bertz CT molecular complexity index is 838. The Morgan fingerprint density at radius 2 is 2.04 bits per heavy atom. The molecule has 0 bridgehead atoms. The fourth-order valence-corrected chi connectivity index (χ4v) is 1.72. The predicted molar refractivity (Wildman–Crippen MR) is 76.5 cm³/mol. The van der Waals surface area contributed by atoms with Crippen LogP contribution in [0.1, 0.15) is 16.4 Å². The number of hydrogen-bond donors (Lipinski definition) is 2. The average molecular weight is 315 g/mol. The van der Waals surface area contributed by atoms with Crippen LogP contribution in [0.5, 0.6) is 11.7 Å². The minimum atomic E-state index is -0.576. The molecule has 0 spiro atoms. The summed E-state index contributed by atoms with van der Waals surface area (Å²) in [6.07, 6.45) is 2.15. The third-order valence-corrected chi connectivity index (χ3v) is 2.78. The molecule has 2 N–H and O–H groups in total. The smallest absolute Gasteiger partial charge is 0.290 e. The van der Waals surface area contributed by atoms with Crippen molar-refractivity contribution in [2.45, 2.75) is 0 Å². The second-order valence-corrected chi connectivity index (χ2v) is 4.40. The van der Waals surface area contributed by atoms with Gasteiger partial charge in [0, 0.05) is 12.1 Å². The number of allylic oxidation sites excluding steroid dienone is 1. The molecule has 3 rings (SSSR count). The van der Waals surface area contributed by atoms with Crippen LogP contribution in [0.15, 0.2) is 53.2 Å². The van der Waals surface area contributed by atoms with Gasteiger partial charge in [-0.1, -0.05) is 0 Å². The van der Waals surface area contributed by atoms with E-state index in [9.17, 15) is 14.3 Å². The number of aliphatic hydroxyl groups is 1. The van der Waals surface area contributed by atoms with Gasteiger partial charge in [0.2, 0.25) is 5.78 Å². The summed E-state index contributed by atoms with van der Waals surface area (Å²) in [4.78, 5) is 15.7. The molecule has 0 aliphatic rings. The number of carbonyl (C=O) groups is 1. The molecule has 1 aromatic carbocycles. The number of hydrogen-bond acceptors (Lipinski definition) is 6. The van der Waals surface area contributed by atoms with Crippen molar-refractivity contribution in [1.82, 2.24) is 15.2 Å². The van der Waals surface area contributed by atoms with Crippen molar-refractivity contribution in [3.63, 3.8) is 0 Å². The van der Waals surface area contributed by atoms with E-state index in [1.54, 1.807) is 0 Å². The highest BCUT2D eigenvalue weighted by atomic mass is 19.1. The van der Waals surface area contributed by atoms with Crippen molar-refractivity contribution in [2.75, 3.05) is 0 Å². The molecule has 0 saturated carbocycles. The molecule has 116 valence electrons.